The molecule has 0 atom stereocenters. The second-order valence-electron chi connectivity index (χ2n) is 3.16. The van der Waals surface area contributed by atoms with Gasteiger partial charge in [0.05, 0.1) is 6.61 Å². The van der Waals surface area contributed by atoms with Crippen molar-refractivity contribution in [3.05, 3.63) is 29.8 Å². The van der Waals surface area contributed by atoms with E-state index in [1.54, 1.807) is 18.2 Å². The van der Waals surface area contributed by atoms with Crippen molar-refractivity contribution in [1.29, 1.82) is 0 Å². The van der Waals surface area contributed by atoms with Crippen LogP contribution in [-0.2, 0) is 0 Å². The number of thioether (sulfide) groups is 1. The van der Waals surface area contributed by atoms with E-state index in [0.29, 0.717) is 11.3 Å². The molecule has 0 saturated heterocycles. The number of halogens is 3. The molecule has 0 radical (unpaired) electrons. The molecule has 0 aliphatic rings. The van der Waals surface area contributed by atoms with Gasteiger partial charge in [-0.25, -0.2) is 0 Å². The third-order valence-electron chi connectivity index (χ3n) is 1.86. The molecular formula is C10H11F3N2O2S. The first-order valence-electron chi connectivity index (χ1n) is 4.84. The molecule has 0 amide bonds. The van der Waals surface area contributed by atoms with E-state index in [4.69, 9.17) is 15.7 Å². The minimum Gasteiger partial charge on any atom is -0.493 e. The van der Waals surface area contributed by atoms with E-state index >= 15 is 0 Å². The van der Waals surface area contributed by atoms with Crippen molar-refractivity contribution >= 4 is 17.6 Å². The molecule has 0 spiro atoms. The Morgan fingerprint density at radius 2 is 2.17 bits per heavy atom. The van der Waals surface area contributed by atoms with E-state index in [0.717, 1.165) is 0 Å². The van der Waals surface area contributed by atoms with E-state index in [1.165, 1.54) is 6.07 Å². The smallest absolute Gasteiger partial charge is 0.441 e. The molecule has 0 bridgehead atoms. The van der Waals surface area contributed by atoms with Crippen LogP contribution >= 0.6 is 11.8 Å². The van der Waals surface area contributed by atoms with Gasteiger partial charge < -0.3 is 15.7 Å². The molecule has 4 nitrogen and oxygen atoms in total. The van der Waals surface area contributed by atoms with Crippen LogP contribution in [0.4, 0.5) is 13.2 Å². The highest BCUT2D eigenvalue weighted by atomic mass is 32.2. The number of nitrogens with zero attached hydrogens (tertiary/aromatic N) is 1. The normalized spacial score (nSPS) is 12.5. The molecule has 8 heteroatoms. The zero-order chi connectivity index (χ0) is 13.6. The van der Waals surface area contributed by atoms with Crippen molar-refractivity contribution in [3.8, 4) is 5.75 Å². The van der Waals surface area contributed by atoms with Crippen LogP contribution < -0.4 is 10.5 Å². The van der Waals surface area contributed by atoms with Crippen molar-refractivity contribution in [1.82, 2.24) is 0 Å². The number of amidine groups is 1. The first-order valence-corrected chi connectivity index (χ1v) is 5.82. The van der Waals surface area contributed by atoms with Crippen molar-refractivity contribution in [3.63, 3.8) is 0 Å². The van der Waals surface area contributed by atoms with E-state index < -0.39 is 5.51 Å². The maximum absolute atomic E-state index is 11.8. The Morgan fingerprint density at radius 1 is 1.44 bits per heavy atom. The first-order chi connectivity index (χ1) is 8.42. The van der Waals surface area contributed by atoms with Gasteiger partial charge in [-0.2, -0.15) is 13.2 Å². The Labute approximate surface area is 106 Å². The molecule has 0 fully saturated rings. The zero-order valence-electron chi connectivity index (χ0n) is 9.15. The minimum absolute atomic E-state index is 0.0796. The highest BCUT2D eigenvalue weighted by Crippen LogP contribution is 2.29. The zero-order valence-corrected chi connectivity index (χ0v) is 9.96. The number of hydrogen-bond acceptors (Lipinski definition) is 4. The number of hydrogen-bond donors (Lipinski definition) is 2. The molecule has 1 aromatic carbocycles. The molecular weight excluding hydrogens is 269 g/mol. The lowest BCUT2D eigenvalue weighted by Crippen LogP contribution is -2.13. The summed E-state index contributed by atoms with van der Waals surface area (Å²) >= 11 is -0.146. The van der Waals surface area contributed by atoms with Crippen LogP contribution in [0.5, 0.6) is 5.75 Å². The molecule has 18 heavy (non-hydrogen) atoms. The van der Waals surface area contributed by atoms with Gasteiger partial charge in [0.2, 0.25) is 0 Å². The van der Waals surface area contributed by atoms with Crippen LogP contribution in [0.2, 0.25) is 0 Å². The molecule has 0 aliphatic carbocycles. The standard InChI is InChI=1S/C10H11F3N2O2S/c11-10(12,13)18-5-4-17-8-3-1-2-7(6-8)9(14)15-16/h1-3,6,16H,4-5H2,(H2,14,15). The number of nitrogens with two attached hydrogens (primary N) is 1. The Hall–Kier alpha value is -1.57. The van der Waals surface area contributed by atoms with Gasteiger partial charge in [0.25, 0.3) is 0 Å². The number of alkyl halides is 3. The fourth-order valence-corrected chi connectivity index (χ4v) is 1.52. The fraction of sp³-hybridized carbons (Fsp3) is 0.300. The number of rotatable bonds is 5. The molecule has 0 unspecified atom stereocenters. The summed E-state index contributed by atoms with van der Waals surface area (Å²) in [6.45, 7) is -0.0796. The van der Waals surface area contributed by atoms with Crippen LogP contribution in [-0.4, -0.2) is 28.9 Å². The summed E-state index contributed by atoms with van der Waals surface area (Å²) in [5, 5.41) is 11.3. The van der Waals surface area contributed by atoms with Crippen molar-refractivity contribution < 1.29 is 23.1 Å². The largest absolute Gasteiger partial charge is 0.493 e. The van der Waals surface area contributed by atoms with Crippen LogP contribution in [0.25, 0.3) is 0 Å². The molecule has 0 heterocycles. The summed E-state index contributed by atoms with van der Waals surface area (Å²) in [5.41, 5.74) is 1.54. The highest BCUT2D eigenvalue weighted by Gasteiger charge is 2.27. The molecule has 100 valence electrons. The van der Waals surface area contributed by atoms with E-state index in [-0.39, 0.29) is 30.0 Å². The predicted octanol–water partition coefficient (Wildman–Crippen LogP) is 2.41. The van der Waals surface area contributed by atoms with Gasteiger partial charge in [0, 0.05) is 11.3 Å². The number of benzene rings is 1. The molecule has 0 aromatic heterocycles. The summed E-state index contributed by atoms with van der Waals surface area (Å²) in [5.74, 6) is 0.0732. The second-order valence-corrected chi connectivity index (χ2v) is 4.32. The molecule has 1 rings (SSSR count). The second kappa shape index (κ2) is 6.39. The van der Waals surface area contributed by atoms with Crippen LogP contribution in [0.1, 0.15) is 5.56 Å². The van der Waals surface area contributed by atoms with Crippen molar-refractivity contribution in [2.45, 2.75) is 5.51 Å². The number of oxime groups is 1. The topological polar surface area (TPSA) is 67.8 Å². The third kappa shape index (κ3) is 5.17. The lowest BCUT2D eigenvalue weighted by atomic mass is 10.2. The SMILES string of the molecule is N/C(=N/O)c1cccc(OCCSC(F)(F)F)c1. The van der Waals surface area contributed by atoms with Crippen molar-refractivity contribution in [2.24, 2.45) is 10.9 Å². The third-order valence-corrected chi connectivity index (χ3v) is 2.55. The Balaban J connectivity index is 2.48. The van der Waals surface area contributed by atoms with Crippen LogP contribution in [0, 0.1) is 0 Å². The summed E-state index contributed by atoms with van der Waals surface area (Å²) in [6, 6.07) is 6.24. The lowest BCUT2D eigenvalue weighted by molar-refractivity contribution is -0.0329. The van der Waals surface area contributed by atoms with Gasteiger partial charge in [0.1, 0.15) is 5.75 Å². The van der Waals surface area contributed by atoms with Crippen LogP contribution in [0.15, 0.2) is 29.4 Å². The predicted molar refractivity (Wildman–Crippen MR) is 63.0 cm³/mol. The van der Waals surface area contributed by atoms with Gasteiger partial charge in [-0.05, 0) is 23.9 Å². The quantitative estimate of drug-likeness (QED) is 0.286. The van der Waals surface area contributed by atoms with E-state index in [9.17, 15) is 13.2 Å². The molecule has 1 aromatic rings. The van der Waals surface area contributed by atoms with Gasteiger partial charge in [-0.15, -0.1) is 0 Å². The van der Waals surface area contributed by atoms with Gasteiger partial charge in [0.15, 0.2) is 5.84 Å². The highest BCUT2D eigenvalue weighted by molar-refractivity contribution is 8.00. The maximum Gasteiger partial charge on any atom is 0.441 e. The van der Waals surface area contributed by atoms with Crippen LogP contribution in [0.3, 0.4) is 0 Å². The molecule has 0 saturated carbocycles. The summed E-state index contributed by atoms with van der Waals surface area (Å²) in [6.07, 6.45) is 0. The van der Waals surface area contributed by atoms with E-state index in [2.05, 4.69) is 5.16 Å². The Kier molecular flexibility index (Phi) is 5.14. The van der Waals surface area contributed by atoms with E-state index in [1.807, 2.05) is 0 Å². The maximum atomic E-state index is 11.8. The molecule has 3 N–H and O–H groups in total. The van der Waals surface area contributed by atoms with Gasteiger partial charge >= 0.3 is 5.51 Å². The Bertz CT molecular complexity index is 424. The average molecular weight is 280 g/mol. The van der Waals surface area contributed by atoms with Gasteiger partial charge in [-0.1, -0.05) is 17.3 Å². The lowest BCUT2D eigenvalue weighted by Gasteiger charge is -2.08. The minimum atomic E-state index is -4.25. The fourth-order valence-electron chi connectivity index (χ4n) is 1.12. The Morgan fingerprint density at radius 3 is 2.78 bits per heavy atom. The monoisotopic (exact) mass is 280 g/mol. The first kappa shape index (κ1) is 14.5. The summed E-state index contributed by atoms with van der Waals surface area (Å²) in [7, 11) is 0. The summed E-state index contributed by atoms with van der Waals surface area (Å²) in [4.78, 5) is 0. The average Bonchev–Trinajstić information content (AvgIpc) is 2.33. The summed E-state index contributed by atoms with van der Waals surface area (Å²) < 4.78 is 40.7. The molecule has 0 aliphatic heterocycles. The van der Waals surface area contributed by atoms with Gasteiger partial charge in [-0.3, -0.25) is 0 Å². The van der Waals surface area contributed by atoms with Crippen molar-refractivity contribution in [2.75, 3.05) is 12.4 Å². The number of ether oxygens (including phenoxy) is 1.